The van der Waals surface area contributed by atoms with Gasteiger partial charge in [0.25, 0.3) is 11.8 Å². The van der Waals surface area contributed by atoms with Crippen molar-refractivity contribution in [1.29, 1.82) is 0 Å². The van der Waals surface area contributed by atoms with Crippen molar-refractivity contribution in [1.82, 2.24) is 25.2 Å². The third-order valence-electron chi connectivity index (χ3n) is 10.7. The molecule has 14 nitrogen and oxygen atoms in total. The number of hydrogen-bond acceptors (Lipinski definition) is 9. The molecule has 1 saturated heterocycles. The Labute approximate surface area is 289 Å². The number of fused-ring (bicyclic) bond motifs is 3. The Balaban J connectivity index is 1.13. The molecule has 0 spiro atoms. The van der Waals surface area contributed by atoms with Gasteiger partial charge in [-0.2, -0.15) is 0 Å². The minimum atomic E-state index is -3.92. The van der Waals surface area contributed by atoms with Crippen LogP contribution in [0.15, 0.2) is 30.4 Å². The highest BCUT2D eigenvalue weighted by Gasteiger charge is 2.62. The number of benzene rings is 1. The van der Waals surface area contributed by atoms with E-state index in [1.165, 1.54) is 15.9 Å². The van der Waals surface area contributed by atoms with E-state index in [1.807, 2.05) is 12.2 Å². The number of carbonyl (C=O) groups excluding carboxylic acids is 5. The summed E-state index contributed by atoms with van der Waals surface area (Å²) in [6.45, 7) is -0.0843. The fraction of sp³-hybridized carbons (Fsp3) is 0.618. The van der Waals surface area contributed by atoms with E-state index in [0.29, 0.717) is 43.2 Å². The number of nitrogens with zero attached hydrogens (tertiary/aromatic N) is 2. The van der Waals surface area contributed by atoms with Crippen molar-refractivity contribution in [3.05, 3.63) is 47.3 Å². The van der Waals surface area contributed by atoms with E-state index in [9.17, 15) is 41.9 Å². The molecule has 3 heterocycles. The number of halogens is 1. The van der Waals surface area contributed by atoms with Crippen LogP contribution in [0.4, 0.5) is 9.18 Å². The maximum absolute atomic E-state index is 14.4. The highest BCUT2D eigenvalue weighted by Crippen LogP contribution is 2.46. The molecular weight excluding hydrogens is 673 g/mol. The quantitative estimate of drug-likeness (QED) is 0.314. The largest absolute Gasteiger partial charge is 0.444 e. The van der Waals surface area contributed by atoms with Crippen molar-refractivity contribution < 1.29 is 46.6 Å². The molecule has 50 heavy (non-hydrogen) atoms. The zero-order chi connectivity index (χ0) is 35.4. The molecule has 6 aliphatic rings. The molecule has 0 aromatic heterocycles. The Bertz CT molecular complexity index is 1750. The highest BCUT2D eigenvalue weighted by atomic mass is 32.2. The smallest absolute Gasteiger partial charge is 0.410 e. The van der Waals surface area contributed by atoms with Gasteiger partial charge in [0.15, 0.2) is 0 Å². The third-order valence-corrected chi connectivity index (χ3v) is 12.6. The molecule has 3 aliphatic heterocycles. The molecule has 16 heteroatoms. The highest BCUT2D eigenvalue weighted by molar-refractivity contribution is 7.91. The Morgan fingerprint density at radius 3 is 2.54 bits per heavy atom. The second-order valence-corrected chi connectivity index (χ2v) is 16.5. The summed E-state index contributed by atoms with van der Waals surface area (Å²) in [5, 5.41) is 15.2. The topological polar surface area (TPSA) is 192 Å². The van der Waals surface area contributed by atoms with Crippen LogP contribution in [0, 0.1) is 11.7 Å². The molecule has 3 saturated carbocycles. The van der Waals surface area contributed by atoms with E-state index < -0.39 is 86.1 Å². The maximum atomic E-state index is 14.4. The molecule has 7 rings (SSSR count). The van der Waals surface area contributed by atoms with E-state index in [2.05, 4.69) is 15.4 Å². The number of allylic oxidation sites excluding steroid dienone is 1. The Morgan fingerprint density at radius 1 is 1.04 bits per heavy atom. The van der Waals surface area contributed by atoms with Gasteiger partial charge in [0.1, 0.15) is 35.1 Å². The lowest BCUT2D eigenvalue weighted by atomic mass is 10.0. The number of carbonyl (C=O) groups is 5. The fourth-order valence-corrected chi connectivity index (χ4v) is 8.58. The summed E-state index contributed by atoms with van der Waals surface area (Å²) in [5.41, 5.74) is -2.08. The van der Waals surface area contributed by atoms with Gasteiger partial charge in [-0.15, -0.1) is 0 Å². The summed E-state index contributed by atoms with van der Waals surface area (Å²) in [7, 11) is -3.92. The number of nitrogens with one attached hydrogen (secondary N) is 3. The lowest BCUT2D eigenvalue weighted by molar-refractivity contribution is -0.144. The van der Waals surface area contributed by atoms with Gasteiger partial charge in [0.05, 0.1) is 18.3 Å². The number of hydrogen-bond donors (Lipinski definition) is 4. The lowest BCUT2D eigenvalue weighted by Gasteiger charge is -2.30. The minimum Gasteiger partial charge on any atom is -0.444 e. The monoisotopic (exact) mass is 715 g/mol. The first-order valence-corrected chi connectivity index (χ1v) is 18.9. The van der Waals surface area contributed by atoms with Crippen LogP contribution >= 0.6 is 0 Å². The number of sulfonamides is 1. The maximum Gasteiger partial charge on any atom is 0.410 e. The van der Waals surface area contributed by atoms with Crippen molar-refractivity contribution in [2.24, 2.45) is 5.92 Å². The Hall–Kier alpha value is -4.05. The average Bonchev–Trinajstić information content (AvgIpc) is 4.03. The second kappa shape index (κ2) is 12.9. The SMILES string of the molecule is O=C1N[C@]2(C(=O)NS(=O)(=O)C3CC3)C[C@H]2/C=C\CCCCC[C@H](NC(=O)C2(O)CC2)C(=O)N2C[C@H](OC(=O)N3Cc4cccc(F)c4C3)C[C@@H]12. The molecule has 0 unspecified atom stereocenters. The van der Waals surface area contributed by atoms with Crippen LogP contribution in [-0.2, 0) is 47.0 Å². The van der Waals surface area contributed by atoms with Gasteiger partial charge in [-0.05, 0) is 63.0 Å². The number of ether oxygens (including phenoxy) is 1. The Morgan fingerprint density at radius 2 is 1.82 bits per heavy atom. The summed E-state index contributed by atoms with van der Waals surface area (Å²) >= 11 is 0. The molecule has 4 fully saturated rings. The molecule has 270 valence electrons. The van der Waals surface area contributed by atoms with Gasteiger partial charge in [0, 0.05) is 24.4 Å². The van der Waals surface area contributed by atoms with Gasteiger partial charge in [-0.1, -0.05) is 37.1 Å². The number of amides is 5. The number of aliphatic hydroxyl groups is 1. The van der Waals surface area contributed by atoms with Crippen molar-refractivity contribution >= 4 is 39.7 Å². The second-order valence-electron chi connectivity index (χ2n) is 14.6. The van der Waals surface area contributed by atoms with E-state index >= 15 is 0 Å². The molecule has 3 aliphatic carbocycles. The average molecular weight is 716 g/mol. The molecule has 0 radical (unpaired) electrons. The summed E-state index contributed by atoms with van der Waals surface area (Å²) in [6, 6.07) is 2.27. The summed E-state index contributed by atoms with van der Waals surface area (Å²) in [6.07, 6.45) is 6.35. The summed E-state index contributed by atoms with van der Waals surface area (Å²) in [4.78, 5) is 70.7. The van der Waals surface area contributed by atoms with Crippen LogP contribution in [0.5, 0.6) is 0 Å². The van der Waals surface area contributed by atoms with E-state index in [1.54, 1.807) is 12.1 Å². The van der Waals surface area contributed by atoms with Crippen molar-refractivity contribution in [3.8, 4) is 0 Å². The van der Waals surface area contributed by atoms with Crippen LogP contribution in [0.2, 0.25) is 0 Å². The third kappa shape index (κ3) is 6.83. The first kappa shape index (κ1) is 34.4. The van der Waals surface area contributed by atoms with Crippen molar-refractivity contribution in [3.63, 3.8) is 0 Å². The number of rotatable bonds is 6. The molecule has 4 N–H and O–H groups in total. The molecule has 5 atom stereocenters. The van der Waals surface area contributed by atoms with Crippen molar-refractivity contribution in [2.75, 3.05) is 6.54 Å². The molecular formula is C34H42FN5O9S. The van der Waals surface area contributed by atoms with E-state index in [0.717, 1.165) is 6.42 Å². The predicted octanol–water partition coefficient (Wildman–Crippen LogP) is 1.26. The van der Waals surface area contributed by atoms with Gasteiger partial charge in [-0.25, -0.2) is 17.6 Å². The molecule has 5 amide bonds. The molecule has 1 aromatic carbocycles. The summed E-state index contributed by atoms with van der Waals surface area (Å²) < 4.78 is 47.8. The van der Waals surface area contributed by atoms with Crippen LogP contribution in [-0.4, -0.2) is 94.2 Å². The van der Waals surface area contributed by atoms with Crippen LogP contribution in [0.25, 0.3) is 0 Å². The van der Waals surface area contributed by atoms with Gasteiger partial charge >= 0.3 is 6.09 Å². The predicted molar refractivity (Wildman–Crippen MR) is 173 cm³/mol. The zero-order valence-corrected chi connectivity index (χ0v) is 28.4. The van der Waals surface area contributed by atoms with E-state index in [4.69, 9.17) is 4.74 Å². The van der Waals surface area contributed by atoms with Crippen LogP contribution < -0.4 is 15.4 Å². The zero-order valence-electron chi connectivity index (χ0n) is 27.6. The first-order chi connectivity index (χ1) is 23.8. The van der Waals surface area contributed by atoms with Crippen molar-refractivity contribution in [2.45, 2.75) is 118 Å². The van der Waals surface area contributed by atoms with Gasteiger partial charge in [-0.3, -0.25) is 28.8 Å². The lowest BCUT2D eigenvalue weighted by Crippen LogP contribution is -2.58. The first-order valence-electron chi connectivity index (χ1n) is 17.4. The Kier molecular flexibility index (Phi) is 8.90. The normalized spacial score (nSPS) is 31.2. The van der Waals surface area contributed by atoms with Gasteiger partial charge < -0.3 is 25.4 Å². The van der Waals surface area contributed by atoms with Gasteiger partial charge in [0.2, 0.25) is 21.8 Å². The molecule has 1 aromatic rings. The fourth-order valence-electron chi connectivity index (χ4n) is 7.21. The van der Waals surface area contributed by atoms with E-state index in [-0.39, 0.29) is 51.7 Å². The van der Waals surface area contributed by atoms with Crippen LogP contribution in [0.3, 0.4) is 0 Å². The minimum absolute atomic E-state index is 0.00651. The summed E-state index contributed by atoms with van der Waals surface area (Å²) in [5.74, 6) is -3.77. The molecule has 0 bridgehead atoms. The standard InChI is InChI=1S/C34H42FN5O9S/c35-25-9-6-7-20-17-39(19-24(20)25)32(45)49-22-15-27-28(41)37-34(31(44)38-50(47,48)23-11-12-23)16-21(34)8-4-2-1-3-5-10-26(29(42)40(27)18-22)36-30(43)33(46)13-14-33/h4,6-9,21-23,26-27,46H,1-3,5,10-19H2,(H,36,43)(H,37,41)(H,38,44)/b8-4-/t21-,22-,26+,27+,34-/m1/s1. The van der Waals surface area contributed by atoms with Crippen LogP contribution in [0.1, 0.15) is 81.8 Å².